The van der Waals surface area contributed by atoms with Crippen molar-refractivity contribution in [1.29, 1.82) is 0 Å². The molecule has 9 nitrogen and oxygen atoms in total. The number of thiophene rings is 1. The number of likely N-dealkylation sites (tertiary alicyclic amines) is 1. The van der Waals surface area contributed by atoms with E-state index in [1.165, 1.54) is 23.5 Å². The monoisotopic (exact) mass is 511 g/mol. The van der Waals surface area contributed by atoms with E-state index in [0.717, 1.165) is 44.1 Å². The molecule has 10 heteroatoms. The lowest BCUT2D eigenvalue weighted by Gasteiger charge is -2.29. The van der Waals surface area contributed by atoms with Gasteiger partial charge in [-0.05, 0) is 62.0 Å². The van der Waals surface area contributed by atoms with E-state index in [9.17, 15) is 19.7 Å². The fourth-order valence-corrected chi connectivity index (χ4v) is 6.21. The van der Waals surface area contributed by atoms with Crippen LogP contribution in [-0.2, 0) is 11.3 Å². The second kappa shape index (κ2) is 10.7. The van der Waals surface area contributed by atoms with Crippen molar-refractivity contribution in [2.75, 3.05) is 6.54 Å². The molecule has 0 radical (unpaired) electrons. The Bertz CT molecular complexity index is 1080. The Morgan fingerprint density at radius 1 is 1.08 bits per heavy atom. The van der Waals surface area contributed by atoms with Gasteiger partial charge in [-0.25, -0.2) is 0 Å². The molecule has 5 rings (SSSR count). The van der Waals surface area contributed by atoms with E-state index in [1.54, 1.807) is 17.0 Å². The van der Waals surface area contributed by atoms with E-state index in [0.29, 0.717) is 30.4 Å². The Labute approximate surface area is 214 Å². The highest BCUT2D eigenvalue weighted by atomic mass is 32.1. The van der Waals surface area contributed by atoms with Crippen LogP contribution in [0.15, 0.2) is 41.8 Å². The van der Waals surface area contributed by atoms with Gasteiger partial charge in [0.2, 0.25) is 5.91 Å². The average Bonchev–Trinajstić information content (AvgIpc) is 3.38. The fourth-order valence-electron chi connectivity index (χ4n) is 5.53. The van der Waals surface area contributed by atoms with E-state index in [-0.39, 0.29) is 35.6 Å². The van der Waals surface area contributed by atoms with Crippen LogP contribution in [0.1, 0.15) is 60.2 Å². The van der Waals surface area contributed by atoms with Crippen LogP contribution in [0, 0.1) is 10.1 Å². The smallest absolute Gasteiger partial charge is 0.269 e. The molecule has 3 fully saturated rings. The van der Waals surface area contributed by atoms with E-state index in [1.807, 2.05) is 17.5 Å². The molecule has 2 heterocycles. The summed E-state index contributed by atoms with van der Waals surface area (Å²) in [7, 11) is 0. The number of nitrogens with one attached hydrogen (secondary N) is 1. The standard InChI is InChI=1S/C26H33N5O4S/c27-18-5-7-19(8-6-18)28-25(32)23-14-22(16-30(23)26(33)24-2-1-13-36-24)29(20-11-12-20)15-17-3-9-21(10-4-17)31(34)35/h1-4,9-10,13,18-20,22-23H,5-8,11-12,14-16,27H2,(H,28,32). The van der Waals surface area contributed by atoms with Crippen LogP contribution < -0.4 is 11.1 Å². The predicted molar refractivity (Wildman–Crippen MR) is 138 cm³/mol. The SMILES string of the molecule is NC1CCC(NC(=O)C2CC(N(Cc3ccc([N+](=O)[O-])cc3)C3CC3)CN2C(=O)c2cccs2)CC1. The molecule has 1 aromatic heterocycles. The molecule has 0 spiro atoms. The van der Waals surface area contributed by atoms with Gasteiger partial charge >= 0.3 is 0 Å². The quantitative estimate of drug-likeness (QED) is 0.414. The van der Waals surface area contributed by atoms with Crippen molar-refractivity contribution in [1.82, 2.24) is 15.1 Å². The summed E-state index contributed by atoms with van der Waals surface area (Å²) in [6.07, 6.45) is 6.30. The largest absolute Gasteiger partial charge is 0.352 e. The number of carbonyl (C=O) groups excluding carboxylic acids is 2. The van der Waals surface area contributed by atoms with Crippen molar-refractivity contribution in [3.63, 3.8) is 0 Å². The third-order valence-corrected chi connectivity index (χ3v) is 8.55. The van der Waals surface area contributed by atoms with Gasteiger partial charge in [0.1, 0.15) is 6.04 Å². The Morgan fingerprint density at radius 3 is 2.42 bits per heavy atom. The third-order valence-electron chi connectivity index (χ3n) is 7.69. The molecule has 2 unspecified atom stereocenters. The van der Waals surface area contributed by atoms with Gasteiger partial charge in [-0.1, -0.05) is 18.2 Å². The first kappa shape index (κ1) is 24.9. The van der Waals surface area contributed by atoms with Crippen LogP contribution in [0.25, 0.3) is 0 Å². The predicted octanol–water partition coefficient (Wildman–Crippen LogP) is 3.29. The maximum absolute atomic E-state index is 13.5. The maximum atomic E-state index is 13.5. The van der Waals surface area contributed by atoms with Crippen molar-refractivity contribution in [3.05, 3.63) is 62.3 Å². The zero-order chi connectivity index (χ0) is 25.2. The second-order valence-corrected chi connectivity index (χ2v) is 11.2. The van der Waals surface area contributed by atoms with Crippen molar-refractivity contribution in [2.45, 2.75) is 81.7 Å². The number of rotatable bonds is 8. The highest BCUT2D eigenvalue weighted by Crippen LogP contribution is 2.36. The summed E-state index contributed by atoms with van der Waals surface area (Å²) in [5.41, 5.74) is 7.10. The number of benzene rings is 1. The topological polar surface area (TPSA) is 122 Å². The van der Waals surface area contributed by atoms with E-state index >= 15 is 0 Å². The van der Waals surface area contributed by atoms with Gasteiger partial charge in [-0.15, -0.1) is 11.3 Å². The maximum Gasteiger partial charge on any atom is 0.269 e. The zero-order valence-electron chi connectivity index (χ0n) is 20.3. The molecular formula is C26H33N5O4S. The first-order valence-electron chi connectivity index (χ1n) is 12.8. The number of hydrogen-bond donors (Lipinski definition) is 2. The van der Waals surface area contributed by atoms with Gasteiger partial charge in [0.05, 0.1) is 9.80 Å². The number of carbonyl (C=O) groups is 2. The first-order valence-corrected chi connectivity index (χ1v) is 13.7. The summed E-state index contributed by atoms with van der Waals surface area (Å²) in [6.45, 7) is 1.14. The van der Waals surface area contributed by atoms with Crippen LogP contribution in [-0.4, -0.2) is 63.3 Å². The van der Waals surface area contributed by atoms with E-state index in [2.05, 4.69) is 10.2 Å². The third kappa shape index (κ3) is 5.61. The van der Waals surface area contributed by atoms with Gasteiger partial charge in [0, 0.05) is 49.4 Å². The number of nitro benzene ring substituents is 1. The number of nitrogens with two attached hydrogens (primary N) is 1. The summed E-state index contributed by atoms with van der Waals surface area (Å²) in [5, 5.41) is 16.1. The minimum Gasteiger partial charge on any atom is -0.352 e. The summed E-state index contributed by atoms with van der Waals surface area (Å²) in [5.74, 6) is -0.168. The summed E-state index contributed by atoms with van der Waals surface area (Å²) in [4.78, 5) is 42.3. The summed E-state index contributed by atoms with van der Waals surface area (Å²) in [6, 6.07) is 10.6. The highest BCUT2D eigenvalue weighted by Gasteiger charge is 2.45. The van der Waals surface area contributed by atoms with Gasteiger partial charge in [0.25, 0.3) is 11.6 Å². The molecule has 1 saturated heterocycles. The summed E-state index contributed by atoms with van der Waals surface area (Å²) >= 11 is 1.40. The van der Waals surface area contributed by atoms with Crippen molar-refractivity contribution < 1.29 is 14.5 Å². The number of nitro groups is 1. The molecule has 2 aromatic rings. The van der Waals surface area contributed by atoms with Gasteiger partial charge in [0.15, 0.2) is 0 Å². The molecule has 2 amide bonds. The molecule has 3 aliphatic rings. The van der Waals surface area contributed by atoms with Crippen LogP contribution in [0.3, 0.4) is 0 Å². The molecule has 36 heavy (non-hydrogen) atoms. The minimum atomic E-state index is -0.515. The highest BCUT2D eigenvalue weighted by molar-refractivity contribution is 7.12. The lowest BCUT2D eigenvalue weighted by molar-refractivity contribution is -0.384. The molecule has 192 valence electrons. The lowest BCUT2D eigenvalue weighted by Crippen LogP contribution is -2.50. The average molecular weight is 512 g/mol. The van der Waals surface area contributed by atoms with Crippen molar-refractivity contribution in [2.24, 2.45) is 5.73 Å². The molecule has 2 aliphatic carbocycles. The van der Waals surface area contributed by atoms with Crippen LogP contribution in [0.5, 0.6) is 0 Å². The molecular weight excluding hydrogens is 478 g/mol. The molecule has 1 aliphatic heterocycles. The lowest BCUT2D eigenvalue weighted by atomic mass is 9.91. The second-order valence-electron chi connectivity index (χ2n) is 10.3. The Morgan fingerprint density at radius 2 is 1.81 bits per heavy atom. The summed E-state index contributed by atoms with van der Waals surface area (Å²) < 4.78 is 0. The number of non-ortho nitro benzene ring substituents is 1. The number of nitrogens with zero attached hydrogens (tertiary/aromatic N) is 3. The minimum absolute atomic E-state index is 0.0483. The Kier molecular flexibility index (Phi) is 7.36. The molecule has 2 saturated carbocycles. The van der Waals surface area contributed by atoms with Crippen LogP contribution in [0.2, 0.25) is 0 Å². The van der Waals surface area contributed by atoms with Gasteiger partial charge in [-0.3, -0.25) is 24.6 Å². The van der Waals surface area contributed by atoms with Crippen molar-refractivity contribution >= 4 is 28.8 Å². The molecule has 0 bridgehead atoms. The molecule has 1 aromatic carbocycles. The molecule has 2 atom stereocenters. The van der Waals surface area contributed by atoms with Gasteiger partial charge < -0.3 is 16.0 Å². The van der Waals surface area contributed by atoms with E-state index in [4.69, 9.17) is 5.73 Å². The zero-order valence-corrected chi connectivity index (χ0v) is 21.1. The Balaban J connectivity index is 1.33. The van der Waals surface area contributed by atoms with Gasteiger partial charge in [-0.2, -0.15) is 0 Å². The normalized spacial score (nSPS) is 26.2. The Hall–Kier alpha value is -2.82. The van der Waals surface area contributed by atoms with Crippen LogP contribution in [0.4, 0.5) is 5.69 Å². The molecule has 3 N–H and O–H groups in total. The fraction of sp³-hybridized carbons (Fsp3) is 0.538. The first-order chi connectivity index (χ1) is 17.4. The van der Waals surface area contributed by atoms with Crippen LogP contribution >= 0.6 is 11.3 Å². The number of hydrogen-bond acceptors (Lipinski definition) is 7. The number of amides is 2. The van der Waals surface area contributed by atoms with E-state index < -0.39 is 11.0 Å². The van der Waals surface area contributed by atoms with Crippen molar-refractivity contribution in [3.8, 4) is 0 Å².